The molecule has 1 atom stereocenters. The van der Waals surface area contributed by atoms with Crippen LogP contribution in [0.2, 0.25) is 0 Å². The summed E-state index contributed by atoms with van der Waals surface area (Å²) in [6.07, 6.45) is 2.13. The Morgan fingerprint density at radius 2 is 1.96 bits per heavy atom. The molecule has 1 aromatic carbocycles. The van der Waals surface area contributed by atoms with E-state index in [1.54, 1.807) is 0 Å². The highest BCUT2D eigenvalue weighted by Gasteiger charge is 2.14. The Morgan fingerprint density at radius 1 is 1.30 bits per heavy atom. The van der Waals surface area contributed by atoms with Gasteiger partial charge in [-0.05, 0) is 50.1 Å². The van der Waals surface area contributed by atoms with Crippen molar-refractivity contribution in [3.8, 4) is 5.75 Å². The van der Waals surface area contributed by atoms with Gasteiger partial charge in [0.15, 0.2) is 0 Å². The first kappa shape index (κ1) is 19.7. The van der Waals surface area contributed by atoms with Crippen LogP contribution < -0.4 is 15.4 Å². The van der Waals surface area contributed by atoms with Crippen LogP contribution in [0.5, 0.6) is 5.75 Å². The summed E-state index contributed by atoms with van der Waals surface area (Å²) in [5.41, 5.74) is 0.798. The predicted octanol–water partition coefficient (Wildman–Crippen LogP) is 2.71. The highest BCUT2D eigenvalue weighted by Crippen LogP contribution is 2.20. The van der Waals surface area contributed by atoms with E-state index >= 15 is 0 Å². The van der Waals surface area contributed by atoms with E-state index in [1.807, 2.05) is 38.2 Å². The van der Waals surface area contributed by atoms with E-state index in [0.717, 1.165) is 44.1 Å². The van der Waals surface area contributed by atoms with E-state index in [9.17, 15) is 4.79 Å². The molecule has 1 aliphatic rings. The molecule has 1 fully saturated rings. The number of halogens is 1. The number of rotatable bonds is 7. The largest absolute Gasteiger partial charge is 0.493 e. The number of nitrogens with one attached hydrogen (secondary N) is 2. The van der Waals surface area contributed by atoms with Crippen molar-refractivity contribution in [3.63, 3.8) is 0 Å². The molecule has 1 aliphatic heterocycles. The molecular formula is C17H27ClN2O3. The third-order valence-corrected chi connectivity index (χ3v) is 3.91. The Balaban J connectivity index is 0.00000264. The second-order valence-corrected chi connectivity index (χ2v) is 5.84. The lowest BCUT2D eigenvalue weighted by molar-refractivity contribution is -0.119. The van der Waals surface area contributed by atoms with Crippen molar-refractivity contribution in [2.24, 2.45) is 11.8 Å². The number of amides is 1. The third-order valence-electron chi connectivity index (χ3n) is 3.91. The molecule has 0 radical (unpaired) electrons. The molecule has 5 nitrogen and oxygen atoms in total. The lowest BCUT2D eigenvalue weighted by atomic mass is 10.0. The summed E-state index contributed by atoms with van der Waals surface area (Å²) in [5.74, 6) is 1.38. The van der Waals surface area contributed by atoms with Crippen molar-refractivity contribution in [2.75, 3.05) is 38.7 Å². The van der Waals surface area contributed by atoms with Gasteiger partial charge in [-0.25, -0.2) is 0 Å². The minimum atomic E-state index is -0.0607. The molecule has 1 amide bonds. The molecular weight excluding hydrogens is 316 g/mol. The molecule has 2 N–H and O–H groups in total. The molecule has 0 spiro atoms. The van der Waals surface area contributed by atoms with Crippen molar-refractivity contribution in [3.05, 3.63) is 24.3 Å². The number of ether oxygens (including phenoxy) is 2. The third kappa shape index (κ3) is 6.77. The number of anilines is 1. The molecule has 6 heteroatoms. The molecule has 2 rings (SSSR count). The number of benzene rings is 1. The molecule has 1 aromatic rings. The Hall–Kier alpha value is -1.30. The minimum absolute atomic E-state index is 0. The van der Waals surface area contributed by atoms with E-state index in [2.05, 4.69) is 10.6 Å². The summed E-state index contributed by atoms with van der Waals surface area (Å²) in [5, 5.41) is 5.91. The average Bonchev–Trinajstić information content (AvgIpc) is 2.55. The van der Waals surface area contributed by atoms with Crippen molar-refractivity contribution in [2.45, 2.75) is 19.8 Å². The standard InChI is InChI=1S/C17H26N2O3.ClH/c1-13(11-18-2)17(20)19-15-3-5-16(6-4-15)22-12-14-7-9-21-10-8-14;/h3-6,13-14,18H,7-12H2,1-2H3,(H,19,20);1H. The van der Waals surface area contributed by atoms with Crippen molar-refractivity contribution >= 4 is 24.0 Å². The summed E-state index contributed by atoms with van der Waals surface area (Å²) in [7, 11) is 1.84. The second kappa shape index (κ2) is 10.5. The highest BCUT2D eigenvalue weighted by atomic mass is 35.5. The van der Waals surface area contributed by atoms with Crippen LogP contribution in [-0.2, 0) is 9.53 Å². The minimum Gasteiger partial charge on any atom is -0.493 e. The maximum absolute atomic E-state index is 11.9. The van der Waals surface area contributed by atoms with E-state index in [0.29, 0.717) is 12.5 Å². The fourth-order valence-electron chi connectivity index (χ4n) is 2.43. The number of hydrogen-bond acceptors (Lipinski definition) is 4. The van der Waals surface area contributed by atoms with Crippen molar-refractivity contribution < 1.29 is 14.3 Å². The van der Waals surface area contributed by atoms with Gasteiger partial charge in [-0.1, -0.05) is 6.92 Å². The molecule has 0 aliphatic carbocycles. The Labute approximate surface area is 144 Å². The van der Waals surface area contributed by atoms with Gasteiger partial charge in [0, 0.05) is 31.4 Å². The van der Waals surface area contributed by atoms with Crippen LogP contribution in [0, 0.1) is 11.8 Å². The van der Waals surface area contributed by atoms with E-state index in [4.69, 9.17) is 9.47 Å². The quantitative estimate of drug-likeness (QED) is 0.800. The van der Waals surface area contributed by atoms with Gasteiger partial charge in [0.1, 0.15) is 5.75 Å². The van der Waals surface area contributed by atoms with Crippen molar-refractivity contribution in [1.29, 1.82) is 0 Å². The van der Waals surface area contributed by atoms with Crippen LogP contribution in [0.15, 0.2) is 24.3 Å². The topological polar surface area (TPSA) is 59.6 Å². The van der Waals surface area contributed by atoms with Crippen LogP contribution in [0.3, 0.4) is 0 Å². The lowest BCUT2D eigenvalue weighted by Crippen LogP contribution is -2.28. The second-order valence-electron chi connectivity index (χ2n) is 5.84. The van der Waals surface area contributed by atoms with E-state index in [1.165, 1.54) is 0 Å². The number of carbonyl (C=O) groups is 1. The van der Waals surface area contributed by atoms with Gasteiger partial charge >= 0.3 is 0 Å². The zero-order chi connectivity index (χ0) is 15.8. The fourth-order valence-corrected chi connectivity index (χ4v) is 2.43. The Kier molecular flexibility index (Phi) is 8.99. The van der Waals surface area contributed by atoms with E-state index in [-0.39, 0.29) is 24.2 Å². The van der Waals surface area contributed by atoms with Crippen LogP contribution >= 0.6 is 12.4 Å². The van der Waals surface area contributed by atoms with Crippen molar-refractivity contribution in [1.82, 2.24) is 5.32 Å². The summed E-state index contributed by atoms with van der Waals surface area (Å²) < 4.78 is 11.2. The molecule has 0 saturated carbocycles. The maximum atomic E-state index is 11.9. The molecule has 1 unspecified atom stereocenters. The molecule has 1 saturated heterocycles. The molecule has 0 aromatic heterocycles. The highest BCUT2D eigenvalue weighted by molar-refractivity contribution is 5.92. The predicted molar refractivity (Wildman–Crippen MR) is 94.4 cm³/mol. The van der Waals surface area contributed by atoms with Gasteiger partial charge in [0.25, 0.3) is 0 Å². The zero-order valence-electron chi connectivity index (χ0n) is 13.8. The summed E-state index contributed by atoms with van der Waals surface area (Å²) >= 11 is 0. The summed E-state index contributed by atoms with van der Waals surface area (Å²) in [6, 6.07) is 7.56. The zero-order valence-corrected chi connectivity index (χ0v) is 14.7. The van der Waals surface area contributed by atoms with Gasteiger partial charge in [-0.2, -0.15) is 0 Å². The van der Waals surface area contributed by atoms with Crippen LogP contribution in [-0.4, -0.2) is 39.3 Å². The average molecular weight is 343 g/mol. The molecule has 23 heavy (non-hydrogen) atoms. The summed E-state index contributed by atoms with van der Waals surface area (Å²) in [4.78, 5) is 11.9. The van der Waals surface area contributed by atoms with Gasteiger partial charge < -0.3 is 20.1 Å². The van der Waals surface area contributed by atoms with Crippen LogP contribution in [0.4, 0.5) is 5.69 Å². The van der Waals surface area contributed by atoms with Gasteiger partial charge in [0.05, 0.1) is 6.61 Å². The number of hydrogen-bond donors (Lipinski definition) is 2. The smallest absolute Gasteiger partial charge is 0.228 e. The Morgan fingerprint density at radius 3 is 2.57 bits per heavy atom. The monoisotopic (exact) mass is 342 g/mol. The number of carbonyl (C=O) groups excluding carboxylic acids is 1. The first-order valence-electron chi connectivity index (χ1n) is 7.95. The van der Waals surface area contributed by atoms with Crippen LogP contribution in [0.25, 0.3) is 0 Å². The van der Waals surface area contributed by atoms with Gasteiger partial charge in [0.2, 0.25) is 5.91 Å². The molecule has 0 bridgehead atoms. The van der Waals surface area contributed by atoms with Gasteiger partial charge in [-0.15, -0.1) is 12.4 Å². The molecule has 1 heterocycles. The first-order valence-corrected chi connectivity index (χ1v) is 7.95. The molecule has 130 valence electrons. The van der Waals surface area contributed by atoms with Gasteiger partial charge in [-0.3, -0.25) is 4.79 Å². The normalized spacial score (nSPS) is 16.3. The lowest BCUT2D eigenvalue weighted by Gasteiger charge is -2.22. The Bertz CT molecular complexity index is 461. The fraction of sp³-hybridized carbons (Fsp3) is 0.588. The SMILES string of the molecule is CNCC(C)C(=O)Nc1ccc(OCC2CCOCC2)cc1.Cl. The maximum Gasteiger partial charge on any atom is 0.228 e. The van der Waals surface area contributed by atoms with E-state index < -0.39 is 0 Å². The van der Waals surface area contributed by atoms with Crippen LogP contribution in [0.1, 0.15) is 19.8 Å². The first-order chi connectivity index (χ1) is 10.7. The summed E-state index contributed by atoms with van der Waals surface area (Å²) in [6.45, 7) is 4.97.